The van der Waals surface area contributed by atoms with Crippen LogP contribution in [0.15, 0.2) is 52.4 Å². The lowest BCUT2D eigenvalue weighted by Crippen LogP contribution is -2.16. The van der Waals surface area contributed by atoms with Gasteiger partial charge in [0.2, 0.25) is 0 Å². The Morgan fingerprint density at radius 1 is 1.19 bits per heavy atom. The topological polar surface area (TPSA) is 69.5 Å². The van der Waals surface area contributed by atoms with E-state index < -0.39 is 0 Å². The predicted molar refractivity (Wildman–Crippen MR) is 110 cm³/mol. The van der Waals surface area contributed by atoms with Crippen LogP contribution in [0.3, 0.4) is 0 Å². The van der Waals surface area contributed by atoms with Gasteiger partial charge in [-0.25, -0.2) is 4.98 Å². The molecule has 1 aromatic heterocycles. The maximum absolute atomic E-state index is 12.3. The Balaban J connectivity index is 1.86. The van der Waals surface area contributed by atoms with Crippen molar-refractivity contribution in [3.05, 3.63) is 90.8 Å². The maximum atomic E-state index is 12.3. The molecule has 0 spiro atoms. The Morgan fingerprint density at radius 3 is 2.59 bits per heavy atom. The van der Waals surface area contributed by atoms with Crippen LogP contribution in [0.1, 0.15) is 27.9 Å². The number of halogens is 2. The van der Waals surface area contributed by atoms with E-state index in [-0.39, 0.29) is 5.56 Å². The molecule has 0 bridgehead atoms. The van der Waals surface area contributed by atoms with Crippen molar-refractivity contribution in [1.29, 1.82) is 5.26 Å². The second-order valence-corrected chi connectivity index (χ2v) is 7.70. The molecule has 0 unspecified atom stereocenters. The molecule has 0 aliphatic heterocycles. The third-order valence-electron chi connectivity index (χ3n) is 4.07. The minimum atomic E-state index is -0.184. The van der Waals surface area contributed by atoms with Gasteiger partial charge in [0.1, 0.15) is 0 Å². The van der Waals surface area contributed by atoms with E-state index >= 15 is 0 Å². The number of nitrogens with one attached hydrogen (secondary N) is 1. The maximum Gasteiger partial charge on any atom is 0.254 e. The van der Waals surface area contributed by atoms with Crippen molar-refractivity contribution in [1.82, 2.24) is 9.97 Å². The molecule has 0 amide bonds. The zero-order valence-corrected chi connectivity index (χ0v) is 16.8. The minimum Gasteiger partial charge on any atom is -0.301 e. The van der Waals surface area contributed by atoms with E-state index in [4.69, 9.17) is 28.5 Å². The van der Waals surface area contributed by atoms with E-state index in [2.05, 4.69) is 16.0 Å². The van der Waals surface area contributed by atoms with Crippen LogP contribution in [-0.2, 0) is 12.2 Å². The monoisotopic (exact) mass is 415 g/mol. The summed E-state index contributed by atoms with van der Waals surface area (Å²) in [5.41, 5.74) is 3.34. The third-order valence-corrected chi connectivity index (χ3v) is 5.72. The molecule has 0 atom stereocenters. The van der Waals surface area contributed by atoms with Gasteiger partial charge in [-0.15, -0.1) is 0 Å². The van der Waals surface area contributed by atoms with Crippen LogP contribution in [0.25, 0.3) is 0 Å². The molecule has 7 heteroatoms. The van der Waals surface area contributed by atoms with Crippen molar-refractivity contribution in [2.75, 3.05) is 0 Å². The summed E-state index contributed by atoms with van der Waals surface area (Å²) in [7, 11) is 0. The van der Waals surface area contributed by atoms with Crippen LogP contribution in [0.5, 0.6) is 0 Å². The molecular weight excluding hydrogens is 401 g/mol. The van der Waals surface area contributed by atoms with Crippen LogP contribution in [0.2, 0.25) is 10.0 Å². The standard InChI is InChI=1S/C20H15Cl2N3OS/c1-12-18(9-15-16(21)6-3-7-17(15)22)24-20(25-19(12)26)27-11-14-5-2-4-13(8-14)10-23/h2-8H,9,11H2,1H3,(H,24,25,26). The van der Waals surface area contributed by atoms with Crippen molar-refractivity contribution >= 4 is 35.0 Å². The van der Waals surface area contributed by atoms with Gasteiger partial charge in [-0.3, -0.25) is 4.79 Å². The van der Waals surface area contributed by atoms with E-state index in [1.807, 2.05) is 18.2 Å². The first-order chi connectivity index (χ1) is 13.0. The number of aromatic amines is 1. The Kier molecular flexibility index (Phi) is 6.22. The summed E-state index contributed by atoms with van der Waals surface area (Å²) in [4.78, 5) is 19.7. The van der Waals surface area contributed by atoms with Crippen LogP contribution < -0.4 is 5.56 Å². The van der Waals surface area contributed by atoms with Crippen LogP contribution in [-0.4, -0.2) is 9.97 Å². The fraction of sp³-hybridized carbons (Fsp3) is 0.150. The average molecular weight is 416 g/mol. The molecule has 4 nitrogen and oxygen atoms in total. The predicted octanol–water partition coefficient (Wildman–Crippen LogP) is 5.14. The van der Waals surface area contributed by atoms with Gasteiger partial charge in [-0.2, -0.15) is 5.26 Å². The SMILES string of the molecule is Cc1c(Cc2c(Cl)cccc2Cl)nc(SCc2cccc(C#N)c2)[nH]c1=O. The number of aromatic nitrogens is 2. The minimum absolute atomic E-state index is 0.184. The van der Waals surface area contributed by atoms with E-state index in [0.29, 0.717) is 44.2 Å². The molecule has 136 valence electrons. The lowest BCUT2D eigenvalue weighted by Gasteiger charge is -2.10. The summed E-state index contributed by atoms with van der Waals surface area (Å²) < 4.78 is 0. The largest absolute Gasteiger partial charge is 0.301 e. The number of nitriles is 1. The smallest absolute Gasteiger partial charge is 0.254 e. The first kappa shape index (κ1) is 19.5. The number of hydrogen-bond acceptors (Lipinski definition) is 4. The Labute approximate surface area is 171 Å². The van der Waals surface area contributed by atoms with Gasteiger partial charge >= 0.3 is 0 Å². The van der Waals surface area contributed by atoms with Gasteiger partial charge in [-0.05, 0) is 42.3 Å². The molecule has 0 saturated carbocycles. The fourth-order valence-corrected chi connectivity index (χ4v) is 3.90. The lowest BCUT2D eigenvalue weighted by atomic mass is 10.1. The molecular formula is C20H15Cl2N3OS. The Morgan fingerprint density at radius 2 is 1.89 bits per heavy atom. The van der Waals surface area contributed by atoms with Gasteiger partial charge in [0, 0.05) is 27.8 Å². The highest BCUT2D eigenvalue weighted by molar-refractivity contribution is 7.98. The number of thioether (sulfide) groups is 1. The van der Waals surface area contributed by atoms with Crippen LogP contribution in [0, 0.1) is 18.3 Å². The summed E-state index contributed by atoms with van der Waals surface area (Å²) in [5.74, 6) is 0.591. The lowest BCUT2D eigenvalue weighted by molar-refractivity contribution is 0.858. The van der Waals surface area contributed by atoms with Gasteiger partial charge < -0.3 is 4.98 Å². The molecule has 0 aliphatic rings. The first-order valence-electron chi connectivity index (χ1n) is 8.12. The number of rotatable bonds is 5. The zero-order valence-electron chi connectivity index (χ0n) is 14.4. The summed E-state index contributed by atoms with van der Waals surface area (Å²) in [5, 5.41) is 10.6. The quantitative estimate of drug-likeness (QED) is 0.462. The molecule has 2 aromatic carbocycles. The van der Waals surface area contributed by atoms with Crippen LogP contribution in [0.4, 0.5) is 0 Å². The normalized spacial score (nSPS) is 10.6. The molecule has 0 radical (unpaired) electrons. The highest BCUT2D eigenvalue weighted by Crippen LogP contribution is 2.27. The van der Waals surface area contributed by atoms with E-state index in [1.165, 1.54) is 11.8 Å². The van der Waals surface area contributed by atoms with Crippen molar-refractivity contribution in [3.63, 3.8) is 0 Å². The van der Waals surface area contributed by atoms with Crippen molar-refractivity contribution in [3.8, 4) is 6.07 Å². The van der Waals surface area contributed by atoms with Crippen molar-refractivity contribution < 1.29 is 0 Å². The molecule has 3 aromatic rings. The second-order valence-electron chi connectivity index (χ2n) is 5.92. The van der Waals surface area contributed by atoms with Gasteiger partial charge in [0.15, 0.2) is 5.16 Å². The summed E-state index contributed by atoms with van der Waals surface area (Å²) in [6.45, 7) is 1.73. The molecule has 1 heterocycles. The number of hydrogen-bond donors (Lipinski definition) is 1. The number of benzene rings is 2. The number of H-pyrrole nitrogens is 1. The van der Waals surface area contributed by atoms with Crippen LogP contribution >= 0.6 is 35.0 Å². The van der Waals surface area contributed by atoms with Gasteiger partial charge in [-0.1, -0.05) is 53.2 Å². The summed E-state index contributed by atoms with van der Waals surface area (Å²) in [6.07, 6.45) is 0.381. The van der Waals surface area contributed by atoms with E-state index in [0.717, 1.165) is 11.1 Å². The Bertz CT molecular complexity index is 1070. The van der Waals surface area contributed by atoms with Gasteiger partial charge in [0.05, 0.1) is 17.3 Å². The summed E-state index contributed by atoms with van der Waals surface area (Å²) >= 11 is 13.9. The van der Waals surface area contributed by atoms with Gasteiger partial charge in [0.25, 0.3) is 5.56 Å². The first-order valence-corrected chi connectivity index (χ1v) is 9.86. The van der Waals surface area contributed by atoms with Crippen molar-refractivity contribution in [2.24, 2.45) is 0 Å². The molecule has 0 aliphatic carbocycles. The molecule has 3 rings (SSSR count). The zero-order chi connectivity index (χ0) is 19.4. The average Bonchev–Trinajstić information content (AvgIpc) is 2.66. The van der Waals surface area contributed by atoms with E-state index in [9.17, 15) is 4.79 Å². The highest BCUT2D eigenvalue weighted by Gasteiger charge is 2.13. The molecule has 27 heavy (non-hydrogen) atoms. The second kappa shape index (κ2) is 8.62. The summed E-state index contributed by atoms with van der Waals surface area (Å²) in [6, 6.07) is 14.8. The highest BCUT2D eigenvalue weighted by atomic mass is 35.5. The molecule has 0 saturated heterocycles. The molecule has 1 N–H and O–H groups in total. The fourth-order valence-electron chi connectivity index (χ4n) is 2.55. The van der Waals surface area contributed by atoms with E-state index in [1.54, 1.807) is 31.2 Å². The molecule has 0 fully saturated rings. The third kappa shape index (κ3) is 4.72. The Hall–Kier alpha value is -2.26. The number of nitrogens with zero attached hydrogens (tertiary/aromatic N) is 2. The van der Waals surface area contributed by atoms with Crippen molar-refractivity contribution in [2.45, 2.75) is 24.3 Å².